The molecule has 1 saturated carbocycles. The number of rotatable bonds is 3. The number of alkyl halides is 2. The van der Waals surface area contributed by atoms with E-state index in [4.69, 9.17) is 4.74 Å². The summed E-state index contributed by atoms with van der Waals surface area (Å²) in [5, 5.41) is 9.98. The van der Waals surface area contributed by atoms with Crippen LogP contribution >= 0.6 is 0 Å². The summed E-state index contributed by atoms with van der Waals surface area (Å²) < 4.78 is 32.0. The summed E-state index contributed by atoms with van der Waals surface area (Å²) >= 11 is 0. The van der Waals surface area contributed by atoms with Crippen molar-refractivity contribution in [3.63, 3.8) is 0 Å². The van der Waals surface area contributed by atoms with Gasteiger partial charge in [-0.3, -0.25) is 4.79 Å². The number of β-amino-alcohol motifs (C(OH)–C–C–N with tert-alkyl or cyclic N) is 1. The number of benzene rings is 1. The first-order chi connectivity index (χ1) is 10.9. The first-order valence-corrected chi connectivity index (χ1v) is 7.90. The summed E-state index contributed by atoms with van der Waals surface area (Å²) in [4.78, 5) is 14.2. The zero-order valence-corrected chi connectivity index (χ0v) is 13.0. The summed E-state index contributed by atoms with van der Waals surface area (Å²) in [7, 11) is 1.56. The minimum absolute atomic E-state index is 0.197. The van der Waals surface area contributed by atoms with Crippen LogP contribution in [-0.2, 0) is 4.79 Å². The molecule has 1 N–H and O–H groups in total. The van der Waals surface area contributed by atoms with Crippen molar-refractivity contribution in [2.45, 2.75) is 43.8 Å². The summed E-state index contributed by atoms with van der Waals surface area (Å²) in [6.07, 6.45) is -0.616. The molecule has 0 radical (unpaired) electrons. The van der Waals surface area contributed by atoms with Crippen LogP contribution in [0.4, 0.5) is 8.78 Å². The van der Waals surface area contributed by atoms with Crippen LogP contribution in [0.2, 0.25) is 0 Å². The number of hydrogen-bond acceptors (Lipinski definition) is 3. The number of aliphatic hydroxyl groups is 1. The van der Waals surface area contributed by atoms with Crippen LogP contribution < -0.4 is 4.74 Å². The number of methoxy groups -OCH3 is 1. The van der Waals surface area contributed by atoms with E-state index < -0.39 is 17.9 Å². The van der Waals surface area contributed by atoms with Gasteiger partial charge in [0.05, 0.1) is 19.3 Å². The minimum Gasteiger partial charge on any atom is -0.497 e. The zero-order valence-electron chi connectivity index (χ0n) is 13.0. The molecule has 1 amide bonds. The largest absolute Gasteiger partial charge is 0.497 e. The first-order valence-electron chi connectivity index (χ1n) is 7.90. The third-order valence-corrected chi connectivity index (χ3v) is 4.79. The van der Waals surface area contributed by atoms with Gasteiger partial charge >= 0.3 is 0 Å². The van der Waals surface area contributed by atoms with Gasteiger partial charge in [-0.05, 0) is 30.5 Å². The van der Waals surface area contributed by atoms with E-state index in [0.29, 0.717) is 12.2 Å². The van der Waals surface area contributed by atoms with E-state index in [1.165, 1.54) is 0 Å². The Hall–Kier alpha value is -1.69. The highest BCUT2D eigenvalue weighted by Gasteiger charge is 2.46. The number of halogens is 2. The van der Waals surface area contributed by atoms with E-state index >= 15 is 0 Å². The quantitative estimate of drug-likeness (QED) is 0.930. The van der Waals surface area contributed by atoms with Crippen molar-refractivity contribution < 1.29 is 23.4 Å². The standard InChI is InChI=1S/C17H21F2NO3/c1-23-14-4-2-3-11(7-14)15-8-13(21)10-20(15)16(22)12-5-6-17(18,19)9-12/h2-4,7,12-13,15,21H,5-6,8-10H2,1H3. The van der Waals surface area contributed by atoms with Crippen molar-refractivity contribution in [3.05, 3.63) is 29.8 Å². The van der Waals surface area contributed by atoms with Gasteiger partial charge in [-0.25, -0.2) is 8.78 Å². The third kappa shape index (κ3) is 3.32. The molecule has 2 fully saturated rings. The van der Waals surface area contributed by atoms with Crippen molar-refractivity contribution in [1.29, 1.82) is 0 Å². The maximum atomic E-state index is 13.4. The van der Waals surface area contributed by atoms with Gasteiger partial charge in [-0.1, -0.05) is 12.1 Å². The van der Waals surface area contributed by atoms with Gasteiger partial charge in [-0.15, -0.1) is 0 Å². The van der Waals surface area contributed by atoms with E-state index in [1.807, 2.05) is 18.2 Å². The number of hydrogen-bond donors (Lipinski definition) is 1. The minimum atomic E-state index is -2.75. The number of likely N-dealkylation sites (tertiary alicyclic amines) is 1. The lowest BCUT2D eigenvalue weighted by Gasteiger charge is -2.27. The molecular formula is C17H21F2NO3. The second-order valence-electron chi connectivity index (χ2n) is 6.47. The normalized spacial score (nSPS) is 29.7. The molecule has 1 heterocycles. The SMILES string of the molecule is COc1cccc(C2CC(O)CN2C(=O)C2CCC(F)(F)C2)c1. The van der Waals surface area contributed by atoms with E-state index in [1.54, 1.807) is 18.1 Å². The lowest BCUT2D eigenvalue weighted by molar-refractivity contribution is -0.137. The number of carbonyl (C=O) groups is 1. The third-order valence-electron chi connectivity index (χ3n) is 4.79. The highest BCUT2D eigenvalue weighted by molar-refractivity contribution is 5.80. The van der Waals surface area contributed by atoms with Crippen LogP contribution in [0.1, 0.15) is 37.3 Å². The van der Waals surface area contributed by atoms with Crippen LogP contribution in [0.5, 0.6) is 5.75 Å². The Morgan fingerprint density at radius 3 is 2.87 bits per heavy atom. The maximum Gasteiger partial charge on any atom is 0.248 e. The monoisotopic (exact) mass is 325 g/mol. The van der Waals surface area contributed by atoms with Gasteiger partial charge in [-0.2, -0.15) is 0 Å². The molecule has 1 aliphatic carbocycles. The number of amides is 1. The molecule has 23 heavy (non-hydrogen) atoms. The van der Waals surface area contributed by atoms with Gasteiger partial charge in [0.25, 0.3) is 0 Å². The lowest BCUT2D eigenvalue weighted by Crippen LogP contribution is -2.36. The molecule has 4 nitrogen and oxygen atoms in total. The molecule has 1 aromatic rings. The average molecular weight is 325 g/mol. The number of nitrogens with zero attached hydrogens (tertiary/aromatic N) is 1. The fourth-order valence-corrected chi connectivity index (χ4v) is 3.62. The Kier molecular flexibility index (Phi) is 4.27. The van der Waals surface area contributed by atoms with E-state index in [-0.39, 0.29) is 37.8 Å². The molecule has 1 saturated heterocycles. The van der Waals surface area contributed by atoms with Gasteiger partial charge in [0, 0.05) is 25.3 Å². The van der Waals surface area contributed by atoms with Crippen molar-refractivity contribution in [2.75, 3.05) is 13.7 Å². The highest BCUT2D eigenvalue weighted by Crippen LogP contribution is 2.42. The van der Waals surface area contributed by atoms with Crippen LogP contribution in [-0.4, -0.2) is 41.6 Å². The molecule has 1 aliphatic heterocycles. The van der Waals surface area contributed by atoms with Crippen molar-refractivity contribution in [2.24, 2.45) is 5.92 Å². The lowest BCUT2D eigenvalue weighted by atomic mass is 10.0. The molecule has 2 aliphatic rings. The Morgan fingerprint density at radius 2 is 2.22 bits per heavy atom. The molecule has 0 bridgehead atoms. The number of aliphatic hydroxyl groups excluding tert-OH is 1. The molecule has 1 aromatic carbocycles. The average Bonchev–Trinajstić information content (AvgIpc) is 3.09. The second-order valence-corrected chi connectivity index (χ2v) is 6.47. The smallest absolute Gasteiger partial charge is 0.248 e. The fraction of sp³-hybridized carbons (Fsp3) is 0.588. The van der Waals surface area contributed by atoms with Gasteiger partial charge in [0.15, 0.2) is 0 Å². The molecule has 3 rings (SSSR count). The number of carbonyl (C=O) groups excluding carboxylic acids is 1. The molecule has 0 spiro atoms. The Bertz CT molecular complexity index is 593. The highest BCUT2D eigenvalue weighted by atomic mass is 19.3. The van der Waals surface area contributed by atoms with Crippen LogP contribution in [0.25, 0.3) is 0 Å². The summed E-state index contributed by atoms with van der Waals surface area (Å²) in [6, 6.07) is 7.03. The Morgan fingerprint density at radius 1 is 1.43 bits per heavy atom. The second kappa shape index (κ2) is 6.07. The molecule has 6 heteroatoms. The van der Waals surface area contributed by atoms with Gasteiger partial charge in [0.1, 0.15) is 5.75 Å². The van der Waals surface area contributed by atoms with Gasteiger partial charge in [0.2, 0.25) is 11.8 Å². The molecule has 3 atom stereocenters. The first kappa shape index (κ1) is 16.2. The topological polar surface area (TPSA) is 49.8 Å². The Balaban J connectivity index is 1.81. The summed E-state index contributed by atoms with van der Waals surface area (Å²) in [6.45, 7) is 0.197. The van der Waals surface area contributed by atoms with Crippen LogP contribution in [0.3, 0.4) is 0 Å². The fourth-order valence-electron chi connectivity index (χ4n) is 3.62. The summed E-state index contributed by atoms with van der Waals surface area (Å²) in [5.74, 6) is -3.00. The maximum absolute atomic E-state index is 13.4. The van der Waals surface area contributed by atoms with E-state index in [9.17, 15) is 18.7 Å². The molecule has 0 aromatic heterocycles. The predicted octanol–water partition coefficient (Wildman–Crippen LogP) is 2.76. The summed E-state index contributed by atoms with van der Waals surface area (Å²) in [5.41, 5.74) is 0.860. The Labute approximate surface area is 134 Å². The molecular weight excluding hydrogens is 304 g/mol. The number of ether oxygens (including phenoxy) is 1. The molecule has 126 valence electrons. The molecule has 3 unspecified atom stereocenters. The van der Waals surface area contributed by atoms with Crippen LogP contribution in [0, 0.1) is 5.92 Å². The van der Waals surface area contributed by atoms with Crippen molar-refractivity contribution in [1.82, 2.24) is 4.90 Å². The predicted molar refractivity (Wildman–Crippen MR) is 80.4 cm³/mol. The van der Waals surface area contributed by atoms with Crippen LogP contribution in [0.15, 0.2) is 24.3 Å². The van der Waals surface area contributed by atoms with Crippen molar-refractivity contribution >= 4 is 5.91 Å². The van der Waals surface area contributed by atoms with Gasteiger partial charge < -0.3 is 14.7 Å². The van der Waals surface area contributed by atoms with E-state index in [0.717, 1.165) is 5.56 Å². The van der Waals surface area contributed by atoms with E-state index in [2.05, 4.69) is 0 Å². The van der Waals surface area contributed by atoms with Crippen molar-refractivity contribution in [3.8, 4) is 5.75 Å². The zero-order chi connectivity index (χ0) is 16.6.